The molecule has 6 nitrogen and oxygen atoms in total. The predicted octanol–water partition coefficient (Wildman–Crippen LogP) is 5.27. The number of rotatable bonds is 5. The monoisotopic (exact) mass is 443 g/mol. The van der Waals surface area contributed by atoms with Gasteiger partial charge in [0.05, 0.1) is 18.2 Å². The number of Topliss-reactive ketones (excluding diaryl/α,β-unsaturated/α-hetero) is 1. The van der Waals surface area contributed by atoms with Gasteiger partial charge in [0.15, 0.2) is 23.0 Å². The van der Waals surface area contributed by atoms with Crippen LogP contribution in [0.5, 0.6) is 11.5 Å². The van der Waals surface area contributed by atoms with Gasteiger partial charge >= 0.3 is 0 Å². The topological polar surface area (TPSA) is 87.1 Å². The van der Waals surface area contributed by atoms with Crippen LogP contribution in [0.4, 0.5) is 5.69 Å². The third-order valence-electron chi connectivity index (χ3n) is 5.15. The summed E-state index contributed by atoms with van der Waals surface area (Å²) in [5.74, 6) is -1.42. The van der Waals surface area contributed by atoms with Crippen LogP contribution >= 0.6 is 11.6 Å². The van der Waals surface area contributed by atoms with E-state index in [4.69, 9.17) is 16.3 Å². The van der Waals surface area contributed by atoms with Crippen molar-refractivity contribution in [2.75, 3.05) is 11.5 Å². The number of phenols is 1. The fraction of sp³-hybridized carbons (Fsp3) is 0.333. The summed E-state index contributed by atoms with van der Waals surface area (Å²) >= 11 is 6.09. The molecule has 31 heavy (non-hydrogen) atoms. The second kappa shape index (κ2) is 8.27. The van der Waals surface area contributed by atoms with E-state index in [-0.39, 0.29) is 22.9 Å². The summed E-state index contributed by atoms with van der Waals surface area (Å²) in [6.07, 6.45) is 0. The molecule has 0 bridgehead atoms. The Kier molecular flexibility index (Phi) is 6.05. The van der Waals surface area contributed by atoms with Gasteiger partial charge in [-0.1, -0.05) is 38.4 Å². The van der Waals surface area contributed by atoms with Crippen LogP contribution in [0, 0.1) is 12.3 Å². The molecule has 0 fully saturated rings. The lowest BCUT2D eigenvalue weighted by Gasteiger charge is -2.30. The molecule has 1 aliphatic heterocycles. The minimum absolute atomic E-state index is 0.0139. The number of halogens is 1. The van der Waals surface area contributed by atoms with Gasteiger partial charge in [-0.05, 0) is 55.3 Å². The Hall–Kier alpha value is -2.99. The Labute approximate surface area is 186 Å². The first-order chi connectivity index (χ1) is 14.5. The van der Waals surface area contributed by atoms with Gasteiger partial charge in [-0.2, -0.15) is 0 Å². The van der Waals surface area contributed by atoms with Gasteiger partial charge < -0.3 is 14.9 Å². The molecule has 0 spiro atoms. The summed E-state index contributed by atoms with van der Waals surface area (Å²) in [4.78, 5) is 27.9. The zero-order valence-corrected chi connectivity index (χ0v) is 18.9. The molecule has 1 unspecified atom stereocenters. The number of aliphatic hydroxyl groups is 1. The predicted molar refractivity (Wildman–Crippen MR) is 120 cm³/mol. The molecule has 164 valence electrons. The van der Waals surface area contributed by atoms with Gasteiger partial charge in [-0.25, -0.2) is 0 Å². The molecule has 0 radical (unpaired) electrons. The lowest BCUT2D eigenvalue weighted by molar-refractivity contribution is -0.123. The number of amides is 1. The first kappa shape index (κ1) is 22.7. The van der Waals surface area contributed by atoms with E-state index in [2.05, 4.69) is 0 Å². The SMILES string of the molecule is CCOc1cc(C2C(C(=O)C(C)(C)C)=C(O)C(=O)N2c2ccc(Cl)cc2C)ccc1O. The van der Waals surface area contributed by atoms with E-state index >= 15 is 0 Å². The number of hydrogen-bond acceptors (Lipinski definition) is 5. The van der Waals surface area contributed by atoms with Gasteiger partial charge in [-0.3, -0.25) is 14.5 Å². The Morgan fingerprint density at radius 2 is 1.84 bits per heavy atom. The molecule has 0 saturated heterocycles. The highest BCUT2D eigenvalue weighted by atomic mass is 35.5. The average Bonchev–Trinajstić information content (AvgIpc) is 2.93. The number of aromatic hydroxyl groups is 1. The molecule has 2 aromatic rings. The number of carbonyl (C=O) groups excluding carboxylic acids is 2. The summed E-state index contributed by atoms with van der Waals surface area (Å²) in [7, 11) is 0. The quantitative estimate of drug-likeness (QED) is 0.657. The van der Waals surface area contributed by atoms with Crippen molar-refractivity contribution in [3.05, 3.63) is 63.9 Å². The number of nitrogens with zero attached hydrogens (tertiary/aromatic N) is 1. The van der Waals surface area contributed by atoms with E-state index in [1.165, 1.54) is 11.0 Å². The number of benzene rings is 2. The zero-order chi connectivity index (χ0) is 23.1. The largest absolute Gasteiger partial charge is 0.504 e. The zero-order valence-electron chi connectivity index (χ0n) is 18.2. The molecule has 3 rings (SSSR count). The van der Waals surface area contributed by atoms with E-state index in [1.807, 2.05) is 0 Å². The lowest BCUT2D eigenvalue weighted by Crippen LogP contribution is -2.33. The number of aliphatic hydroxyl groups excluding tert-OH is 1. The maximum absolute atomic E-state index is 13.3. The third kappa shape index (κ3) is 4.12. The first-order valence-corrected chi connectivity index (χ1v) is 10.4. The van der Waals surface area contributed by atoms with Crippen molar-refractivity contribution in [3.8, 4) is 11.5 Å². The van der Waals surface area contributed by atoms with Crippen LogP contribution in [0.25, 0.3) is 0 Å². The summed E-state index contributed by atoms with van der Waals surface area (Å²) in [5, 5.41) is 21.4. The number of carbonyl (C=O) groups is 2. The highest BCUT2D eigenvalue weighted by Gasteiger charge is 2.47. The van der Waals surface area contributed by atoms with E-state index < -0.39 is 23.1 Å². The molecule has 0 aromatic heterocycles. The Balaban J connectivity index is 2.26. The van der Waals surface area contributed by atoms with E-state index in [0.717, 1.165) is 0 Å². The Morgan fingerprint density at radius 1 is 1.16 bits per heavy atom. The van der Waals surface area contributed by atoms with Gasteiger partial charge in [0.25, 0.3) is 5.91 Å². The molecule has 1 aliphatic rings. The standard InChI is InChI=1S/C24H26ClNO5/c1-6-31-18-12-14(7-10-17(18)27)20-19(22(29)24(3,4)5)21(28)23(30)26(20)16-9-8-15(25)11-13(16)2/h7-12,20,27-28H,6H2,1-5H3. The molecular weight excluding hydrogens is 418 g/mol. The highest BCUT2D eigenvalue weighted by Crippen LogP contribution is 2.45. The minimum atomic E-state index is -0.890. The van der Waals surface area contributed by atoms with E-state index in [1.54, 1.807) is 65.0 Å². The number of ether oxygens (including phenoxy) is 1. The molecule has 1 atom stereocenters. The molecule has 2 N–H and O–H groups in total. The number of anilines is 1. The second-order valence-corrected chi connectivity index (χ2v) is 8.95. The number of hydrogen-bond donors (Lipinski definition) is 2. The first-order valence-electron chi connectivity index (χ1n) is 10.0. The Bertz CT molecular complexity index is 1080. The van der Waals surface area contributed by atoms with Crippen molar-refractivity contribution < 1.29 is 24.5 Å². The fourth-order valence-corrected chi connectivity index (χ4v) is 3.89. The molecular formula is C24H26ClNO5. The highest BCUT2D eigenvalue weighted by molar-refractivity contribution is 6.30. The van der Waals surface area contributed by atoms with Gasteiger partial charge in [0.1, 0.15) is 0 Å². The van der Waals surface area contributed by atoms with Crippen molar-refractivity contribution in [2.24, 2.45) is 5.41 Å². The molecule has 7 heteroatoms. The fourth-order valence-electron chi connectivity index (χ4n) is 3.67. The maximum Gasteiger partial charge on any atom is 0.294 e. The second-order valence-electron chi connectivity index (χ2n) is 8.51. The third-order valence-corrected chi connectivity index (χ3v) is 5.39. The lowest BCUT2D eigenvalue weighted by atomic mass is 9.82. The van der Waals surface area contributed by atoms with Crippen molar-refractivity contribution in [3.63, 3.8) is 0 Å². The van der Waals surface area contributed by atoms with E-state index in [9.17, 15) is 19.8 Å². The van der Waals surface area contributed by atoms with Gasteiger partial charge in [0, 0.05) is 16.1 Å². The van der Waals surface area contributed by atoms with Crippen LogP contribution < -0.4 is 9.64 Å². The van der Waals surface area contributed by atoms with Crippen LogP contribution in [-0.4, -0.2) is 28.5 Å². The molecule has 0 aliphatic carbocycles. The summed E-state index contributed by atoms with van der Waals surface area (Å²) < 4.78 is 5.50. The summed E-state index contributed by atoms with van der Waals surface area (Å²) in [5.41, 5.74) is 0.952. The van der Waals surface area contributed by atoms with Crippen molar-refractivity contribution in [1.29, 1.82) is 0 Å². The minimum Gasteiger partial charge on any atom is -0.504 e. The molecule has 1 heterocycles. The van der Waals surface area contributed by atoms with Gasteiger partial charge in [-0.15, -0.1) is 0 Å². The van der Waals surface area contributed by atoms with Crippen LogP contribution in [0.3, 0.4) is 0 Å². The smallest absolute Gasteiger partial charge is 0.294 e. The molecule has 0 saturated carbocycles. The van der Waals surface area contributed by atoms with E-state index in [0.29, 0.717) is 28.4 Å². The maximum atomic E-state index is 13.3. The van der Waals surface area contributed by atoms with Gasteiger partial charge in [0.2, 0.25) is 0 Å². The molecule has 1 amide bonds. The summed E-state index contributed by atoms with van der Waals surface area (Å²) in [6, 6.07) is 8.81. The van der Waals surface area contributed by atoms with Crippen LogP contribution in [-0.2, 0) is 9.59 Å². The van der Waals surface area contributed by atoms with Crippen molar-refractivity contribution >= 4 is 29.0 Å². The van der Waals surface area contributed by atoms with Crippen LogP contribution in [0.1, 0.15) is 44.9 Å². The normalized spacial score (nSPS) is 16.8. The summed E-state index contributed by atoms with van der Waals surface area (Å²) in [6.45, 7) is 9.11. The van der Waals surface area contributed by atoms with Crippen molar-refractivity contribution in [2.45, 2.75) is 40.7 Å². The average molecular weight is 444 g/mol. The van der Waals surface area contributed by atoms with Crippen LogP contribution in [0.2, 0.25) is 5.02 Å². The number of aryl methyl sites for hydroxylation is 1. The number of ketones is 1. The Morgan fingerprint density at radius 3 is 2.42 bits per heavy atom. The van der Waals surface area contributed by atoms with Crippen molar-refractivity contribution in [1.82, 2.24) is 0 Å². The van der Waals surface area contributed by atoms with Crippen LogP contribution in [0.15, 0.2) is 47.7 Å². The molecule has 2 aromatic carbocycles. The number of phenolic OH excluding ortho intramolecular Hbond substituents is 1.